The summed E-state index contributed by atoms with van der Waals surface area (Å²) in [7, 11) is 1.37. The highest BCUT2D eigenvalue weighted by molar-refractivity contribution is 6.02. The summed E-state index contributed by atoms with van der Waals surface area (Å²) < 4.78 is 10.1. The topological polar surface area (TPSA) is 72.8 Å². The fourth-order valence-electron chi connectivity index (χ4n) is 4.56. The predicted octanol–water partition coefficient (Wildman–Crippen LogP) is 5.22. The molecule has 0 heterocycles. The molecular weight excluding hydrogens is 368 g/mol. The molecule has 0 aromatic rings. The first-order valence-electron chi connectivity index (χ1n) is 11.8. The fraction of sp³-hybridized carbons (Fsp3) is 0.917. The van der Waals surface area contributed by atoms with E-state index in [0.29, 0.717) is 18.3 Å². The van der Waals surface area contributed by atoms with Gasteiger partial charge in [-0.25, -0.2) is 4.79 Å². The lowest BCUT2D eigenvalue weighted by Crippen LogP contribution is -2.35. The Morgan fingerprint density at radius 3 is 2.28 bits per heavy atom. The number of ketones is 1. The standard InChI is InChI=1S/C24H44O5/c1-5-6-7-8-9-10-13-19-16-17-21(25)20(19)14-11-12-15-22(26)23(28-4)24(27)29-18(2)3/h18-21,23,25H,5-17H2,1-4H3/t19-,20+,21-,23?/m0/s1. The molecule has 1 saturated carbocycles. The number of rotatable bonds is 16. The van der Waals surface area contributed by atoms with Gasteiger partial charge in [-0.1, -0.05) is 58.3 Å². The third-order valence-electron chi connectivity index (χ3n) is 6.17. The van der Waals surface area contributed by atoms with Gasteiger partial charge in [0.05, 0.1) is 12.2 Å². The highest BCUT2D eigenvalue weighted by atomic mass is 16.6. The zero-order valence-corrected chi connectivity index (χ0v) is 19.2. The minimum Gasteiger partial charge on any atom is -0.461 e. The van der Waals surface area contributed by atoms with Gasteiger partial charge in [0.25, 0.3) is 0 Å². The molecule has 0 saturated heterocycles. The van der Waals surface area contributed by atoms with Crippen LogP contribution in [0.5, 0.6) is 0 Å². The number of hydrogen-bond donors (Lipinski definition) is 1. The number of carbonyl (C=O) groups is 2. The van der Waals surface area contributed by atoms with Crippen LogP contribution in [-0.4, -0.2) is 42.3 Å². The van der Waals surface area contributed by atoms with E-state index in [1.165, 1.54) is 52.1 Å². The molecule has 4 atom stereocenters. The quantitative estimate of drug-likeness (QED) is 0.214. The normalized spacial score (nSPS) is 22.8. The van der Waals surface area contributed by atoms with Gasteiger partial charge in [-0.2, -0.15) is 0 Å². The van der Waals surface area contributed by atoms with Crippen LogP contribution in [0.25, 0.3) is 0 Å². The molecule has 1 unspecified atom stereocenters. The van der Waals surface area contributed by atoms with Gasteiger partial charge in [0, 0.05) is 13.5 Å². The Morgan fingerprint density at radius 2 is 1.62 bits per heavy atom. The molecule has 1 aliphatic rings. The van der Waals surface area contributed by atoms with Crippen molar-refractivity contribution in [3.8, 4) is 0 Å². The largest absolute Gasteiger partial charge is 0.461 e. The van der Waals surface area contributed by atoms with Gasteiger partial charge >= 0.3 is 5.97 Å². The Kier molecular flexibility index (Phi) is 13.5. The van der Waals surface area contributed by atoms with Crippen LogP contribution in [0.1, 0.15) is 104 Å². The molecule has 0 bridgehead atoms. The molecule has 1 aliphatic carbocycles. The molecule has 1 N–H and O–H groups in total. The summed E-state index contributed by atoms with van der Waals surface area (Å²) in [5.41, 5.74) is 0. The Hall–Kier alpha value is -0.940. The third-order valence-corrected chi connectivity index (χ3v) is 6.17. The second-order valence-electron chi connectivity index (χ2n) is 8.94. The van der Waals surface area contributed by atoms with Crippen molar-refractivity contribution in [3.05, 3.63) is 0 Å². The molecule has 170 valence electrons. The zero-order valence-electron chi connectivity index (χ0n) is 19.2. The van der Waals surface area contributed by atoms with Gasteiger partial charge in [-0.15, -0.1) is 0 Å². The molecule has 0 aromatic heterocycles. The molecule has 0 amide bonds. The van der Waals surface area contributed by atoms with E-state index in [1.54, 1.807) is 13.8 Å². The number of ether oxygens (including phenoxy) is 2. The number of methoxy groups -OCH3 is 1. The minimum atomic E-state index is -1.12. The fourth-order valence-corrected chi connectivity index (χ4v) is 4.56. The summed E-state index contributed by atoms with van der Waals surface area (Å²) in [4.78, 5) is 24.2. The summed E-state index contributed by atoms with van der Waals surface area (Å²) >= 11 is 0. The predicted molar refractivity (Wildman–Crippen MR) is 116 cm³/mol. The summed E-state index contributed by atoms with van der Waals surface area (Å²) in [6.07, 6.45) is 12.5. The van der Waals surface area contributed by atoms with Crippen LogP contribution in [0.4, 0.5) is 0 Å². The van der Waals surface area contributed by atoms with E-state index in [9.17, 15) is 14.7 Å². The van der Waals surface area contributed by atoms with Gasteiger partial charge in [-0.05, 0) is 51.4 Å². The number of unbranched alkanes of at least 4 members (excludes halogenated alkanes) is 6. The van der Waals surface area contributed by atoms with Gasteiger partial charge in [0.2, 0.25) is 6.10 Å². The zero-order chi connectivity index (χ0) is 21.6. The van der Waals surface area contributed by atoms with Gasteiger partial charge < -0.3 is 14.6 Å². The van der Waals surface area contributed by atoms with Crippen LogP contribution < -0.4 is 0 Å². The van der Waals surface area contributed by atoms with E-state index in [-0.39, 0.29) is 18.0 Å². The van der Waals surface area contributed by atoms with Gasteiger partial charge in [0.1, 0.15) is 0 Å². The Balaban J connectivity index is 2.29. The lowest BCUT2D eigenvalue weighted by Gasteiger charge is -2.22. The number of Topliss-reactive ketones (excluding diaryl/α,β-unsaturated/α-hetero) is 1. The first-order chi connectivity index (χ1) is 13.9. The molecule has 29 heavy (non-hydrogen) atoms. The number of carbonyl (C=O) groups excluding carboxylic acids is 2. The summed E-state index contributed by atoms with van der Waals surface area (Å²) in [6.45, 7) is 5.75. The summed E-state index contributed by atoms with van der Waals surface area (Å²) in [5, 5.41) is 10.4. The Bertz CT molecular complexity index is 462. The average molecular weight is 413 g/mol. The van der Waals surface area contributed by atoms with Gasteiger partial charge in [-0.3, -0.25) is 4.79 Å². The second kappa shape index (κ2) is 15.0. The Morgan fingerprint density at radius 1 is 0.966 bits per heavy atom. The van der Waals surface area contributed by atoms with Crippen molar-refractivity contribution in [1.82, 2.24) is 0 Å². The van der Waals surface area contributed by atoms with E-state index in [0.717, 1.165) is 32.1 Å². The molecule has 0 aliphatic heterocycles. The van der Waals surface area contributed by atoms with E-state index in [4.69, 9.17) is 9.47 Å². The van der Waals surface area contributed by atoms with Crippen molar-refractivity contribution in [3.63, 3.8) is 0 Å². The molecule has 5 heteroatoms. The lowest BCUT2D eigenvalue weighted by atomic mass is 9.85. The number of aliphatic hydroxyl groups excluding tert-OH is 1. The molecule has 5 nitrogen and oxygen atoms in total. The third kappa shape index (κ3) is 10.1. The van der Waals surface area contributed by atoms with Gasteiger partial charge in [0.15, 0.2) is 5.78 Å². The molecule has 1 fully saturated rings. The minimum absolute atomic E-state index is 0.191. The van der Waals surface area contributed by atoms with Crippen molar-refractivity contribution in [2.75, 3.05) is 7.11 Å². The summed E-state index contributed by atoms with van der Waals surface area (Å²) in [5.74, 6) is 0.177. The van der Waals surface area contributed by atoms with Crippen LogP contribution in [-0.2, 0) is 19.1 Å². The first-order valence-corrected chi connectivity index (χ1v) is 11.8. The smallest absolute Gasteiger partial charge is 0.343 e. The van der Waals surface area contributed by atoms with Crippen LogP contribution >= 0.6 is 0 Å². The van der Waals surface area contributed by atoms with E-state index in [2.05, 4.69) is 6.92 Å². The highest BCUT2D eigenvalue weighted by Crippen LogP contribution is 2.39. The monoisotopic (exact) mass is 412 g/mol. The lowest BCUT2D eigenvalue weighted by molar-refractivity contribution is -0.163. The maximum Gasteiger partial charge on any atom is 0.343 e. The van der Waals surface area contributed by atoms with Crippen molar-refractivity contribution in [2.24, 2.45) is 11.8 Å². The van der Waals surface area contributed by atoms with Crippen molar-refractivity contribution in [2.45, 2.75) is 123 Å². The molecular formula is C24H44O5. The van der Waals surface area contributed by atoms with Crippen LogP contribution in [0.15, 0.2) is 0 Å². The highest BCUT2D eigenvalue weighted by Gasteiger charge is 2.34. The van der Waals surface area contributed by atoms with E-state index in [1.807, 2.05) is 0 Å². The van der Waals surface area contributed by atoms with E-state index < -0.39 is 12.1 Å². The SMILES string of the molecule is CCCCCCCC[C@H]1CC[C@H](O)[C@@H]1CCCCC(=O)C(OC)C(=O)OC(C)C. The van der Waals surface area contributed by atoms with Crippen molar-refractivity contribution >= 4 is 11.8 Å². The number of esters is 1. The summed E-state index contributed by atoms with van der Waals surface area (Å²) in [6, 6.07) is 0. The number of hydrogen-bond acceptors (Lipinski definition) is 5. The van der Waals surface area contributed by atoms with Crippen LogP contribution in [0.3, 0.4) is 0 Å². The molecule has 0 radical (unpaired) electrons. The Labute approximate surface area is 177 Å². The second-order valence-corrected chi connectivity index (χ2v) is 8.94. The maximum absolute atomic E-state index is 12.3. The molecule has 0 aromatic carbocycles. The molecule has 0 spiro atoms. The number of aliphatic hydroxyl groups is 1. The van der Waals surface area contributed by atoms with Crippen molar-refractivity contribution < 1.29 is 24.2 Å². The van der Waals surface area contributed by atoms with Crippen LogP contribution in [0.2, 0.25) is 0 Å². The van der Waals surface area contributed by atoms with Crippen LogP contribution in [0, 0.1) is 11.8 Å². The first kappa shape index (κ1) is 26.1. The van der Waals surface area contributed by atoms with Crippen molar-refractivity contribution in [1.29, 1.82) is 0 Å². The molecule has 1 rings (SSSR count). The maximum atomic E-state index is 12.3. The average Bonchev–Trinajstić information content (AvgIpc) is 3.01. The van der Waals surface area contributed by atoms with E-state index >= 15 is 0 Å².